The number of Topliss-reactive ketones (excluding diaryl/α,β-unsaturated/α-hetero) is 1. The van der Waals surface area contributed by atoms with Crippen LogP contribution in [0.2, 0.25) is 0 Å². The molecule has 12 heavy (non-hydrogen) atoms. The molecular weight excluding hydrogens is 156 g/mol. The van der Waals surface area contributed by atoms with E-state index < -0.39 is 0 Å². The Bertz CT molecular complexity index is 173. The highest BCUT2D eigenvalue weighted by molar-refractivity contribution is 5.79. The Labute approximate surface area is 72.0 Å². The zero-order valence-electron chi connectivity index (χ0n) is 7.12. The van der Waals surface area contributed by atoms with Crippen molar-refractivity contribution < 1.29 is 14.3 Å². The topological polar surface area (TPSA) is 35.5 Å². The summed E-state index contributed by atoms with van der Waals surface area (Å²) in [5, 5.41) is 0. The molecule has 2 fully saturated rings. The standard InChI is InChI=1S/C9H14O3/c10-7-3-5-12-9(6-7)8-2-1-4-11-8/h8-9H,1-6H2. The van der Waals surface area contributed by atoms with Gasteiger partial charge in [-0.3, -0.25) is 4.79 Å². The molecule has 0 saturated carbocycles. The van der Waals surface area contributed by atoms with Gasteiger partial charge in [0.1, 0.15) is 5.78 Å². The predicted octanol–water partition coefficient (Wildman–Crippen LogP) is 0.913. The number of ether oxygens (including phenoxy) is 2. The van der Waals surface area contributed by atoms with Crippen molar-refractivity contribution in [2.75, 3.05) is 13.2 Å². The van der Waals surface area contributed by atoms with Gasteiger partial charge >= 0.3 is 0 Å². The molecule has 2 heterocycles. The number of rotatable bonds is 1. The van der Waals surface area contributed by atoms with Gasteiger partial charge in [-0.2, -0.15) is 0 Å². The quantitative estimate of drug-likeness (QED) is 0.587. The zero-order valence-corrected chi connectivity index (χ0v) is 7.12. The van der Waals surface area contributed by atoms with Gasteiger partial charge < -0.3 is 9.47 Å². The van der Waals surface area contributed by atoms with Crippen LogP contribution >= 0.6 is 0 Å². The number of ketones is 1. The predicted molar refractivity (Wildman–Crippen MR) is 43.0 cm³/mol. The Morgan fingerprint density at radius 1 is 1.17 bits per heavy atom. The van der Waals surface area contributed by atoms with Gasteiger partial charge in [0.25, 0.3) is 0 Å². The molecule has 3 heteroatoms. The lowest BCUT2D eigenvalue weighted by Gasteiger charge is -2.26. The molecule has 2 unspecified atom stereocenters. The first-order chi connectivity index (χ1) is 5.86. The van der Waals surface area contributed by atoms with Crippen molar-refractivity contribution in [3.8, 4) is 0 Å². The van der Waals surface area contributed by atoms with Crippen molar-refractivity contribution in [3.05, 3.63) is 0 Å². The lowest BCUT2D eigenvalue weighted by molar-refractivity contribution is -0.135. The molecule has 0 aromatic heterocycles. The minimum absolute atomic E-state index is 0.0498. The molecule has 0 radical (unpaired) electrons. The summed E-state index contributed by atoms with van der Waals surface area (Å²) in [5.41, 5.74) is 0. The van der Waals surface area contributed by atoms with Crippen LogP contribution in [0.15, 0.2) is 0 Å². The molecule has 68 valence electrons. The van der Waals surface area contributed by atoms with Crippen molar-refractivity contribution >= 4 is 5.78 Å². The molecule has 0 spiro atoms. The minimum atomic E-state index is 0.0498. The molecule has 0 aromatic rings. The Morgan fingerprint density at radius 2 is 2.00 bits per heavy atom. The number of carbonyl (C=O) groups is 1. The fourth-order valence-corrected chi connectivity index (χ4v) is 1.84. The SMILES string of the molecule is O=C1CCOC(C2CCCO2)C1. The third-order valence-corrected chi connectivity index (χ3v) is 2.52. The highest BCUT2D eigenvalue weighted by atomic mass is 16.5. The lowest BCUT2D eigenvalue weighted by atomic mass is 10.0. The second-order valence-electron chi connectivity index (χ2n) is 3.45. The van der Waals surface area contributed by atoms with E-state index in [0.717, 1.165) is 19.4 Å². The van der Waals surface area contributed by atoms with Gasteiger partial charge in [-0.15, -0.1) is 0 Å². The summed E-state index contributed by atoms with van der Waals surface area (Å²) in [6.07, 6.45) is 3.55. The van der Waals surface area contributed by atoms with Gasteiger partial charge in [-0.05, 0) is 12.8 Å². The summed E-state index contributed by atoms with van der Waals surface area (Å²) in [6.45, 7) is 1.42. The fourth-order valence-electron chi connectivity index (χ4n) is 1.84. The van der Waals surface area contributed by atoms with Gasteiger partial charge in [0.05, 0.1) is 18.8 Å². The van der Waals surface area contributed by atoms with Crippen molar-refractivity contribution in [2.24, 2.45) is 0 Å². The zero-order chi connectivity index (χ0) is 8.39. The molecule has 2 saturated heterocycles. The highest BCUT2D eigenvalue weighted by Crippen LogP contribution is 2.23. The van der Waals surface area contributed by atoms with Crippen LogP contribution in [0.25, 0.3) is 0 Å². The average molecular weight is 170 g/mol. The van der Waals surface area contributed by atoms with E-state index in [2.05, 4.69) is 0 Å². The maximum atomic E-state index is 11.1. The molecule has 2 atom stereocenters. The lowest BCUT2D eigenvalue weighted by Crippen LogP contribution is -2.35. The van der Waals surface area contributed by atoms with Crippen molar-refractivity contribution in [3.63, 3.8) is 0 Å². The average Bonchev–Trinajstić information content (AvgIpc) is 2.56. The Hall–Kier alpha value is -0.410. The van der Waals surface area contributed by atoms with E-state index in [4.69, 9.17) is 9.47 Å². The van der Waals surface area contributed by atoms with Crippen LogP contribution in [-0.2, 0) is 14.3 Å². The third kappa shape index (κ3) is 1.67. The third-order valence-electron chi connectivity index (χ3n) is 2.52. The summed E-state index contributed by atoms with van der Waals surface area (Å²) in [6, 6.07) is 0. The van der Waals surface area contributed by atoms with Gasteiger partial charge in [-0.25, -0.2) is 0 Å². The van der Waals surface area contributed by atoms with Gasteiger partial charge in [0.15, 0.2) is 0 Å². The van der Waals surface area contributed by atoms with Gasteiger partial charge in [0.2, 0.25) is 0 Å². The Kier molecular flexibility index (Phi) is 2.42. The molecule has 0 N–H and O–H groups in total. The van der Waals surface area contributed by atoms with Crippen molar-refractivity contribution in [1.82, 2.24) is 0 Å². The molecule has 2 rings (SSSR count). The van der Waals surface area contributed by atoms with Gasteiger partial charge in [0, 0.05) is 19.4 Å². The van der Waals surface area contributed by atoms with Crippen molar-refractivity contribution in [1.29, 1.82) is 0 Å². The number of hydrogen-bond acceptors (Lipinski definition) is 3. The molecule has 0 bridgehead atoms. The van der Waals surface area contributed by atoms with Crippen LogP contribution in [0.4, 0.5) is 0 Å². The largest absolute Gasteiger partial charge is 0.376 e. The molecule has 3 nitrogen and oxygen atoms in total. The van der Waals surface area contributed by atoms with E-state index in [0.29, 0.717) is 25.2 Å². The van der Waals surface area contributed by atoms with E-state index in [1.165, 1.54) is 0 Å². The maximum Gasteiger partial charge on any atom is 0.137 e. The summed E-state index contributed by atoms with van der Waals surface area (Å²) in [7, 11) is 0. The molecule has 0 aliphatic carbocycles. The second-order valence-corrected chi connectivity index (χ2v) is 3.45. The molecule has 2 aliphatic rings. The molecule has 0 aromatic carbocycles. The summed E-state index contributed by atoms with van der Waals surface area (Å²) >= 11 is 0. The first kappa shape index (κ1) is 8.20. The maximum absolute atomic E-state index is 11.1. The van der Waals surface area contributed by atoms with E-state index in [1.54, 1.807) is 0 Å². The monoisotopic (exact) mass is 170 g/mol. The molecular formula is C9H14O3. The summed E-state index contributed by atoms with van der Waals surface area (Å²) in [4.78, 5) is 11.1. The first-order valence-corrected chi connectivity index (χ1v) is 4.61. The van der Waals surface area contributed by atoms with Gasteiger partial charge in [-0.1, -0.05) is 0 Å². The van der Waals surface area contributed by atoms with Crippen LogP contribution in [-0.4, -0.2) is 31.2 Å². The van der Waals surface area contributed by atoms with Crippen LogP contribution in [0.3, 0.4) is 0 Å². The Morgan fingerprint density at radius 3 is 2.67 bits per heavy atom. The van der Waals surface area contributed by atoms with Crippen LogP contribution in [0.1, 0.15) is 25.7 Å². The number of carbonyl (C=O) groups excluding carboxylic acids is 1. The van der Waals surface area contributed by atoms with Crippen LogP contribution in [0.5, 0.6) is 0 Å². The Balaban J connectivity index is 1.89. The summed E-state index contributed by atoms with van der Waals surface area (Å²) in [5.74, 6) is 0.321. The fraction of sp³-hybridized carbons (Fsp3) is 0.889. The smallest absolute Gasteiger partial charge is 0.137 e. The number of hydrogen-bond donors (Lipinski definition) is 0. The van der Waals surface area contributed by atoms with E-state index in [9.17, 15) is 4.79 Å². The highest BCUT2D eigenvalue weighted by Gasteiger charge is 2.30. The molecule has 0 amide bonds. The second kappa shape index (κ2) is 3.54. The van der Waals surface area contributed by atoms with E-state index in [1.807, 2.05) is 0 Å². The van der Waals surface area contributed by atoms with E-state index in [-0.39, 0.29) is 12.2 Å². The van der Waals surface area contributed by atoms with Crippen LogP contribution in [0, 0.1) is 0 Å². The molecule has 2 aliphatic heterocycles. The van der Waals surface area contributed by atoms with Crippen LogP contribution < -0.4 is 0 Å². The minimum Gasteiger partial charge on any atom is -0.376 e. The normalized spacial score (nSPS) is 37.2. The van der Waals surface area contributed by atoms with E-state index >= 15 is 0 Å². The summed E-state index contributed by atoms with van der Waals surface area (Å²) < 4.78 is 10.9. The van der Waals surface area contributed by atoms with Crippen molar-refractivity contribution in [2.45, 2.75) is 37.9 Å². The first-order valence-electron chi connectivity index (χ1n) is 4.61.